The SMILES string of the molecule is CCc1nn(C)cc1C(=O)Nc1ccc(O)c(Cl)c1. The maximum absolute atomic E-state index is 12.1. The minimum absolute atomic E-state index is 0.0182. The molecule has 2 aromatic rings. The van der Waals surface area contributed by atoms with Gasteiger partial charge in [-0.25, -0.2) is 0 Å². The fourth-order valence-corrected chi connectivity index (χ4v) is 1.95. The molecule has 0 aliphatic rings. The first kappa shape index (κ1) is 13.4. The van der Waals surface area contributed by atoms with E-state index in [4.69, 9.17) is 11.6 Å². The van der Waals surface area contributed by atoms with Crippen molar-refractivity contribution < 1.29 is 9.90 Å². The van der Waals surface area contributed by atoms with E-state index < -0.39 is 0 Å². The van der Waals surface area contributed by atoms with Crippen LogP contribution in [0.2, 0.25) is 5.02 Å². The third-order valence-corrected chi connectivity index (χ3v) is 2.99. The van der Waals surface area contributed by atoms with Crippen LogP contribution in [0.1, 0.15) is 23.0 Å². The molecule has 0 aliphatic carbocycles. The Balaban J connectivity index is 2.22. The van der Waals surface area contributed by atoms with Crippen molar-refractivity contribution in [2.75, 3.05) is 5.32 Å². The summed E-state index contributed by atoms with van der Waals surface area (Å²) >= 11 is 5.79. The Labute approximate surface area is 115 Å². The molecule has 1 amide bonds. The van der Waals surface area contributed by atoms with Gasteiger partial charge in [0.2, 0.25) is 0 Å². The normalized spacial score (nSPS) is 10.5. The number of carbonyl (C=O) groups is 1. The van der Waals surface area contributed by atoms with Crippen molar-refractivity contribution in [2.45, 2.75) is 13.3 Å². The molecule has 0 aliphatic heterocycles. The number of amides is 1. The minimum atomic E-state index is -0.244. The van der Waals surface area contributed by atoms with Crippen LogP contribution in [-0.2, 0) is 13.5 Å². The topological polar surface area (TPSA) is 67.2 Å². The number of phenolic OH excluding ortho intramolecular Hbond substituents is 1. The number of nitrogens with zero attached hydrogens (tertiary/aromatic N) is 2. The van der Waals surface area contributed by atoms with Crippen molar-refractivity contribution in [1.82, 2.24) is 9.78 Å². The molecule has 0 saturated heterocycles. The van der Waals surface area contributed by atoms with Crippen molar-refractivity contribution in [3.05, 3.63) is 40.7 Å². The first-order chi connectivity index (χ1) is 9.01. The Morgan fingerprint density at radius 2 is 2.26 bits per heavy atom. The fraction of sp³-hybridized carbons (Fsp3) is 0.231. The summed E-state index contributed by atoms with van der Waals surface area (Å²) in [4.78, 5) is 12.1. The molecule has 2 rings (SSSR count). The first-order valence-corrected chi connectivity index (χ1v) is 6.21. The number of rotatable bonds is 3. The second-order valence-electron chi connectivity index (χ2n) is 4.14. The largest absolute Gasteiger partial charge is 0.506 e. The molecule has 19 heavy (non-hydrogen) atoms. The molecular weight excluding hydrogens is 266 g/mol. The molecule has 0 fully saturated rings. The summed E-state index contributed by atoms with van der Waals surface area (Å²) in [5.41, 5.74) is 1.80. The van der Waals surface area contributed by atoms with Crippen molar-refractivity contribution in [3.63, 3.8) is 0 Å². The van der Waals surface area contributed by atoms with E-state index in [-0.39, 0.29) is 16.7 Å². The number of hydrogen-bond acceptors (Lipinski definition) is 3. The molecular formula is C13H14ClN3O2. The van der Waals surface area contributed by atoms with Crippen LogP contribution in [0.4, 0.5) is 5.69 Å². The number of nitrogens with one attached hydrogen (secondary N) is 1. The zero-order chi connectivity index (χ0) is 14.0. The molecule has 0 spiro atoms. The van der Waals surface area contributed by atoms with Crippen molar-refractivity contribution in [2.24, 2.45) is 7.05 Å². The van der Waals surface area contributed by atoms with Gasteiger partial charge in [-0.1, -0.05) is 18.5 Å². The Morgan fingerprint density at radius 1 is 1.53 bits per heavy atom. The number of anilines is 1. The summed E-state index contributed by atoms with van der Waals surface area (Å²) in [6.07, 6.45) is 2.36. The zero-order valence-corrected chi connectivity index (χ0v) is 11.4. The lowest BCUT2D eigenvalue weighted by Crippen LogP contribution is -2.13. The summed E-state index contributed by atoms with van der Waals surface area (Å²) in [5, 5.41) is 16.5. The van der Waals surface area contributed by atoms with Gasteiger partial charge >= 0.3 is 0 Å². The van der Waals surface area contributed by atoms with Crippen LogP contribution in [0.15, 0.2) is 24.4 Å². The molecule has 0 atom stereocenters. The van der Waals surface area contributed by atoms with Gasteiger partial charge in [0.15, 0.2) is 0 Å². The van der Waals surface area contributed by atoms with E-state index in [1.165, 1.54) is 12.1 Å². The van der Waals surface area contributed by atoms with Crippen LogP contribution in [0.5, 0.6) is 5.75 Å². The van der Waals surface area contributed by atoms with Crippen LogP contribution in [0, 0.1) is 0 Å². The standard InChI is InChI=1S/C13H14ClN3O2/c1-3-11-9(7-17(2)16-11)13(19)15-8-4-5-12(18)10(14)6-8/h4-7,18H,3H2,1-2H3,(H,15,19). The highest BCUT2D eigenvalue weighted by atomic mass is 35.5. The van der Waals surface area contributed by atoms with Gasteiger partial charge in [0.25, 0.3) is 5.91 Å². The molecule has 0 unspecified atom stereocenters. The molecule has 2 N–H and O–H groups in total. The summed E-state index contributed by atoms with van der Waals surface area (Å²) in [5.74, 6) is -0.262. The van der Waals surface area contributed by atoms with E-state index in [9.17, 15) is 9.90 Å². The number of carbonyl (C=O) groups excluding carboxylic acids is 1. The highest BCUT2D eigenvalue weighted by Crippen LogP contribution is 2.26. The number of aromatic hydroxyl groups is 1. The van der Waals surface area contributed by atoms with Crippen LogP contribution in [0.3, 0.4) is 0 Å². The van der Waals surface area contributed by atoms with Gasteiger partial charge in [0.1, 0.15) is 5.75 Å². The van der Waals surface area contributed by atoms with Gasteiger partial charge < -0.3 is 10.4 Å². The lowest BCUT2D eigenvalue weighted by atomic mass is 10.2. The van der Waals surface area contributed by atoms with E-state index >= 15 is 0 Å². The molecule has 0 saturated carbocycles. The Morgan fingerprint density at radius 3 is 2.89 bits per heavy atom. The third-order valence-electron chi connectivity index (χ3n) is 2.69. The maximum Gasteiger partial charge on any atom is 0.259 e. The predicted molar refractivity (Wildman–Crippen MR) is 73.7 cm³/mol. The summed E-state index contributed by atoms with van der Waals surface area (Å²) < 4.78 is 1.61. The van der Waals surface area contributed by atoms with Crippen LogP contribution >= 0.6 is 11.6 Å². The highest BCUT2D eigenvalue weighted by Gasteiger charge is 2.14. The molecule has 1 heterocycles. The number of hydrogen-bond donors (Lipinski definition) is 2. The van der Waals surface area contributed by atoms with Gasteiger partial charge in [-0.15, -0.1) is 0 Å². The van der Waals surface area contributed by atoms with Crippen LogP contribution in [-0.4, -0.2) is 20.8 Å². The number of halogens is 1. The van der Waals surface area contributed by atoms with E-state index in [0.717, 1.165) is 5.69 Å². The van der Waals surface area contributed by atoms with E-state index in [0.29, 0.717) is 17.7 Å². The van der Waals surface area contributed by atoms with Gasteiger partial charge in [0, 0.05) is 18.9 Å². The van der Waals surface area contributed by atoms with Gasteiger partial charge in [-0.3, -0.25) is 9.48 Å². The lowest BCUT2D eigenvalue weighted by molar-refractivity contribution is 0.102. The smallest absolute Gasteiger partial charge is 0.259 e. The first-order valence-electron chi connectivity index (χ1n) is 5.83. The number of benzene rings is 1. The summed E-state index contributed by atoms with van der Waals surface area (Å²) in [6.45, 7) is 1.94. The number of aromatic nitrogens is 2. The summed E-state index contributed by atoms with van der Waals surface area (Å²) in [6, 6.07) is 4.51. The van der Waals surface area contributed by atoms with Gasteiger partial charge in [-0.2, -0.15) is 5.10 Å². The van der Waals surface area contributed by atoms with Crippen LogP contribution in [0.25, 0.3) is 0 Å². The highest BCUT2D eigenvalue weighted by molar-refractivity contribution is 6.32. The average molecular weight is 280 g/mol. The van der Waals surface area contributed by atoms with Gasteiger partial charge in [-0.05, 0) is 24.6 Å². The van der Waals surface area contributed by atoms with Crippen LogP contribution < -0.4 is 5.32 Å². The van der Waals surface area contributed by atoms with E-state index in [1.54, 1.807) is 24.0 Å². The Bertz CT molecular complexity index is 622. The van der Waals surface area contributed by atoms with Gasteiger partial charge in [0.05, 0.1) is 16.3 Å². The quantitative estimate of drug-likeness (QED) is 0.849. The second kappa shape index (κ2) is 5.32. The second-order valence-corrected chi connectivity index (χ2v) is 4.54. The molecule has 100 valence electrons. The molecule has 1 aromatic heterocycles. The van der Waals surface area contributed by atoms with E-state index in [1.807, 2.05) is 6.92 Å². The number of aryl methyl sites for hydroxylation is 2. The predicted octanol–water partition coefficient (Wildman–Crippen LogP) is 2.59. The third kappa shape index (κ3) is 2.88. The zero-order valence-electron chi connectivity index (χ0n) is 10.6. The summed E-state index contributed by atoms with van der Waals surface area (Å²) in [7, 11) is 1.77. The molecule has 5 nitrogen and oxygen atoms in total. The number of phenols is 1. The van der Waals surface area contributed by atoms with Crippen molar-refractivity contribution in [3.8, 4) is 5.75 Å². The molecule has 0 radical (unpaired) electrons. The minimum Gasteiger partial charge on any atom is -0.506 e. The molecule has 6 heteroatoms. The monoisotopic (exact) mass is 279 g/mol. The fourth-order valence-electron chi connectivity index (χ4n) is 1.77. The lowest BCUT2D eigenvalue weighted by Gasteiger charge is -2.06. The molecule has 0 bridgehead atoms. The Kier molecular flexibility index (Phi) is 3.76. The molecule has 1 aromatic carbocycles. The van der Waals surface area contributed by atoms with Crippen molar-refractivity contribution >= 4 is 23.2 Å². The maximum atomic E-state index is 12.1. The Hall–Kier alpha value is -2.01. The average Bonchev–Trinajstić information content (AvgIpc) is 2.75. The van der Waals surface area contributed by atoms with Crippen molar-refractivity contribution in [1.29, 1.82) is 0 Å². The van der Waals surface area contributed by atoms with E-state index in [2.05, 4.69) is 10.4 Å².